The molecular weight excluding hydrogens is 2300 g/mol. The summed E-state index contributed by atoms with van der Waals surface area (Å²) in [7, 11) is 0. The van der Waals surface area contributed by atoms with Crippen LogP contribution >= 0.6 is 319 Å². The number of carboxylic acid groups (broad SMARTS) is 4. The van der Waals surface area contributed by atoms with Crippen molar-refractivity contribution in [3.63, 3.8) is 0 Å². The van der Waals surface area contributed by atoms with E-state index in [2.05, 4.69) is 345 Å². The minimum atomic E-state index is -1.00. The Morgan fingerprint density at radius 1 is 0.246 bits per heavy atom. The van der Waals surface area contributed by atoms with Crippen LogP contribution in [0.15, 0.2) is 138 Å². The molecule has 0 aliphatic rings. The Bertz CT molecular complexity index is 2310. The third kappa shape index (κ3) is 20.3. The summed E-state index contributed by atoms with van der Waals surface area (Å²) in [4.78, 5) is 43.2. The molecule has 0 aromatic heterocycles. The first-order valence-corrected chi connectivity index (χ1v) is 32.6. The van der Waals surface area contributed by atoms with Crippen LogP contribution in [-0.4, -0.2) is 44.3 Å². The fraction of sp³-hybridized carbons (Fsp3) is 0.100. The Balaban J connectivity index is 0.000000889. The summed E-state index contributed by atoms with van der Waals surface area (Å²) in [6, 6.07) is 0. The Kier molecular flexibility index (Phi) is 35.5. The second-order valence-corrected chi connectivity index (χ2v) is 28.4. The zero-order valence-corrected chi connectivity index (χ0v) is 66.8. The number of halogens is 20. The smallest absolute Gasteiger partial charge is 0.331 e. The van der Waals surface area contributed by atoms with Crippen molar-refractivity contribution >= 4 is 342 Å². The maximum Gasteiger partial charge on any atom is 0.331 e. The molecule has 4 N–H and O–H groups in total. The monoisotopic (exact) mass is 2300 g/mol. The van der Waals surface area contributed by atoms with Gasteiger partial charge in [0, 0.05) is 158 Å². The van der Waals surface area contributed by atoms with E-state index in [0.717, 1.165) is 112 Å². The number of hydrogen-bond donors (Lipinski definition) is 4. The molecule has 0 unspecified atom stereocenters. The molecule has 4 aromatic carbocycles. The summed E-state index contributed by atoms with van der Waals surface area (Å²) in [5.41, 5.74) is 3.80. The molecular formula is C40H20Br20MoO8. The van der Waals surface area contributed by atoms with E-state index in [-0.39, 0.29) is 69.0 Å². The summed E-state index contributed by atoms with van der Waals surface area (Å²) in [5, 5.41) is 35.4. The van der Waals surface area contributed by atoms with Crippen LogP contribution in [-0.2, 0) is 65.9 Å². The van der Waals surface area contributed by atoms with Crippen molar-refractivity contribution in [1.29, 1.82) is 0 Å². The molecule has 0 spiro atoms. The van der Waals surface area contributed by atoms with Crippen LogP contribution in [0.3, 0.4) is 0 Å². The van der Waals surface area contributed by atoms with Crippen molar-refractivity contribution in [3.8, 4) is 0 Å². The summed E-state index contributed by atoms with van der Waals surface area (Å²) in [6.45, 7) is 14.1. The predicted octanol–water partition coefficient (Wildman–Crippen LogP) is 22.7. The second-order valence-electron chi connectivity index (χ2n) is 12.5. The van der Waals surface area contributed by atoms with Crippen molar-refractivity contribution in [2.45, 2.75) is 25.7 Å². The maximum absolute atomic E-state index is 10.8. The Morgan fingerprint density at radius 2 is 0.333 bits per heavy atom. The van der Waals surface area contributed by atoms with Crippen LogP contribution in [0.25, 0.3) is 0 Å². The fourth-order valence-electron chi connectivity index (χ4n) is 4.38. The van der Waals surface area contributed by atoms with E-state index in [4.69, 9.17) is 20.4 Å². The zero-order valence-electron chi connectivity index (χ0n) is 33.0. The molecule has 0 fully saturated rings. The summed E-state index contributed by atoms with van der Waals surface area (Å²) in [5.74, 6) is -4.00. The molecule has 374 valence electrons. The van der Waals surface area contributed by atoms with E-state index in [1.54, 1.807) is 0 Å². The van der Waals surface area contributed by atoms with Gasteiger partial charge in [0.25, 0.3) is 0 Å². The Labute approximate surface area is 578 Å². The molecule has 0 amide bonds. The van der Waals surface area contributed by atoms with Crippen LogP contribution in [0.4, 0.5) is 0 Å². The molecule has 4 aromatic rings. The minimum Gasteiger partial charge on any atom is -0.478 e. The van der Waals surface area contributed by atoms with E-state index in [1.165, 1.54) is 0 Å². The van der Waals surface area contributed by atoms with E-state index < -0.39 is 23.9 Å². The molecule has 0 aliphatic heterocycles. The molecule has 0 bridgehead atoms. The van der Waals surface area contributed by atoms with E-state index in [1.807, 2.05) is 0 Å². The molecule has 0 aliphatic carbocycles. The van der Waals surface area contributed by atoms with Gasteiger partial charge in [-0.15, -0.1) is 0 Å². The molecule has 29 heteroatoms. The summed E-state index contributed by atoms with van der Waals surface area (Å²) < 4.78 is 16.3. The van der Waals surface area contributed by atoms with Crippen LogP contribution in [0.5, 0.6) is 0 Å². The van der Waals surface area contributed by atoms with Gasteiger partial charge in [-0.05, 0) is 341 Å². The van der Waals surface area contributed by atoms with Gasteiger partial charge in [0.15, 0.2) is 0 Å². The summed E-state index contributed by atoms with van der Waals surface area (Å²) >= 11 is 68.5. The number of aliphatic carboxylic acids is 4. The van der Waals surface area contributed by atoms with Gasteiger partial charge >= 0.3 is 23.9 Å². The number of benzene rings is 4. The molecule has 0 heterocycles. The van der Waals surface area contributed by atoms with Crippen molar-refractivity contribution in [1.82, 2.24) is 0 Å². The first kappa shape index (κ1) is 73.0. The zero-order chi connectivity index (χ0) is 53.3. The molecule has 4 rings (SSSR count). The van der Waals surface area contributed by atoms with Crippen molar-refractivity contribution < 1.29 is 60.7 Å². The maximum atomic E-state index is 10.8. The van der Waals surface area contributed by atoms with E-state index in [0.29, 0.717) is 0 Å². The number of carbonyl (C=O) groups is 4. The topological polar surface area (TPSA) is 149 Å². The number of carboxylic acids is 4. The van der Waals surface area contributed by atoms with E-state index in [9.17, 15) is 19.2 Å². The van der Waals surface area contributed by atoms with Gasteiger partial charge in [0.05, 0.1) is 0 Å². The van der Waals surface area contributed by atoms with Crippen molar-refractivity contribution in [3.05, 3.63) is 160 Å². The molecule has 0 saturated carbocycles. The number of hydrogen-bond acceptors (Lipinski definition) is 4. The average molecular weight is 2320 g/mol. The molecule has 0 saturated heterocycles. The van der Waals surface area contributed by atoms with Gasteiger partial charge in [-0.3, -0.25) is 0 Å². The van der Waals surface area contributed by atoms with Crippen LogP contribution < -0.4 is 0 Å². The van der Waals surface area contributed by atoms with Crippen LogP contribution in [0.1, 0.15) is 22.3 Å². The molecule has 8 nitrogen and oxygen atoms in total. The van der Waals surface area contributed by atoms with Gasteiger partial charge in [-0.2, -0.15) is 0 Å². The van der Waals surface area contributed by atoms with Gasteiger partial charge < -0.3 is 20.4 Å². The third-order valence-corrected chi connectivity index (χ3v) is 33.0. The quantitative estimate of drug-likeness (QED) is 0.0474. The van der Waals surface area contributed by atoms with Crippen molar-refractivity contribution in [2.24, 2.45) is 0 Å². The predicted molar refractivity (Wildman–Crippen MR) is 342 cm³/mol. The SMILES string of the molecule is C=C(Cc1c(Br)c(Br)c(Br)c(Br)c1Br)C(=O)O.C=C(Cc1c(Br)c(Br)c(Br)c(Br)c1Br)C(=O)O.C=C(Cc1c(Br)c(Br)c(Br)c(Br)c1Br)C(=O)O.C=C(Cc1c(Br)c(Br)c(Br)c(Br)c1Br)C(=O)O.[Mo]. The van der Waals surface area contributed by atoms with E-state index >= 15 is 0 Å². The van der Waals surface area contributed by atoms with Gasteiger partial charge in [-0.1, -0.05) is 26.3 Å². The summed E-state index contributed by atoms with van der Waals surface area (Å²) in [6.07, 6.45) is 1.00. The standard InChI is InChI=1S/4C10H5Br5O2.Mo/c4*1-3(10(16)17)2-4-5(11)7(13)9(15)8(14)6(4)12;/h4*1-2H2,(H,16,17);. The molecule has 0 atom stereocenters. The normalized spacial score (nSPS) is 10.3. The Hall–Kier alpha value is 4.01. The molecule has 69 heavy (non-hydrogen) atoms. The van der Waals surface area contributed by atoms with Gasteiger partial charge in [0.2, 0.25) is 0 Å². The fourth-order valence-corrected chi connectivity index (χ4v) is 18.0. The van der Waals surface area contributed by atoms with Gasteiger partial charge in [-0.25, -0.2) is 19.2 Å². The molecule has 0 radical (unpaired) electrons. The number of rotatable bonds is 12. The minimum absolute atomic E-state index is 0. The largest absolute Gasteiger partial charge is 0.478 e. The Morgan fingerprint density at radius 3 is 0.420 bits per heavy atom. The first-order valence-electron chi connectivity index (χ1n) is 16.7. The van der Waals surface area contributed by atoms with Crippen LogP contribution in [0.2, 0.25) is 0 Å². The van der Waals surface area contributed by atoms with Crippen molar-refractivity contribution in [2.75, 3.05) is 0 Å². The second kappa shape index (κ2) is 33.6. The third-order valence-electron chi connectivity index (χ3n) is 7.97. The average Bonchev–Trinajstić information content (AvgIpc) is 3.29. The van der Waals surface area contributed by atoms with Crippen LogP contribution in [0, 0.1) is 0 Å². The first-order chi connectivity index (χ1) is 31.1. The van der Waals surface area contributed by atoms with Gasteiger partial charge in [0.1, 0.15) is 0 Å².